The summed E-state index contributed by atoms with van der Waals surface area (Å²) >= 11 is 0. The van der Waals surface area contributed by atoms with Crippen LogP contribution in [0.2, 0.25) is 0 Å². The van der Waals surface area contributed by atoms with Crippen LogP contribution in [0.15, 0.2) is 0 Å². The zero-order valence-electron chi connectivity index (χ0n) is 4.79. The molecule has 0 atom stereocenters. The van der Waals surface area contributed by atoms with Crippen LogP contribution in [0.5, 0.6) is 0 Å². The third-order valence-corrected chi connectivity index (χ3v) is 0. The molecule has 0 aliphatic heterocycles. The second-order valence-corrected chi connectivity index (χ2v) is 1.34. The van der Waals surface area contributed by atoms with Crippen LogP contribution in [0.1, 0.15) is 1.43 Å². The van der Waals surface area contributed by atoms with Crippen molar-refractivity contribution in [1.82, 2.24) is 0 Å². The van der Waals surface area contributed by atoms with Crippen LogP contribution in [-0.4, -0.2) is 17.5 Å². The van der Waals surface area contributed by atoms with Gasteiger partial charge >= 0.3 is 61.8 Å². The molecule has 0 aromatic carbocycles. The Morgan fingerprint density at radius 1 is 1.12 bits per heavy atom. The molecule has 0 spiro atoms. The van der Waals surface area contributed by atoms with Gasteiger partial charge in [-0.1, -0.05) is 0 Å². The molecule has 0 aliphatic rings. The molecule has 4 nitrogen and oxygen atoms in total. The van der Waals surface area contributed by atoms with E-state index in [-0.39, 0.29) is 91.8 Å². The first-order chi connectivity index (χ1) is 2.00. The summed E-state index contributed by atoms with van der Waals surface area (Å²) in [4.78, 5) is 0. The van der Waals surface area contributed by atoms with Gasteiger partial charge in [0, 0.05) is 39.0 Å². The van der Waals surface area contributed by atoms with Gasteiger partial charge in [0.2, 0.25) is 0 Å². The summed E-state index contributed by atoms with van der Waals surface area (Å²) < 4.78 is 31.6. The van der Waals surface area contributed by atoms with Gasteiger partial charge in [0.15, 0.2) is 0 Å². The molecule has 0 rings (SSSR count). The molecule has 52 valence electrons. The van der Waals surface area contributed by atoms with Crippen molar-refractivity contribution in [3.63, 3.8) is 0 Å². The van der Waals surface area contributed by atoms with Crippen molar-refractivity contribution in [3.05, 3.63) is 0 Å². The second-order valence-electron chi connectivity index (χ2n) is 0.448. The van der Waals surface area contributed by atoms with Gasteiger partial charge in [-0.2, -0.15) is 8.42 Å². The van der Waals surface area contributed by atoms with Gasteiger partial charge in [0.25, 0.3) is 0 Å². The van der Waals surface area contributed by atoms with Gasteiger partial charge in [-0.25, -0.2) is 0 Å². The molecule has 0 aromatic rings. The molecule has 0 aromatic heterocycles. The number of hydrogen-bond acceptors (Lipinski definition) is 2. The number of rotatable bonds is 0. The van der Waals surface area contributed by atoms with Gasteiger partial charge in [-0.3, -0.25) is 9.11 Å². The molecular formula is H3KO4Rh2S. The molecular weight excluding hydrogens is 341 g/mol. The van der Waals surface area contributed by atoms with E-state index in [1.165, 1.54) is 0 Å². The molecule has 0 saturated carbocycles. The van der Waals surface area contributed by atoms with Crippen LogP contribution in [-0.2, 0) is 49.4 Å². The van der Waals surface area contributed by atoms with Gasteiger partial charge in [0.1, 0.15) is 0 Å². The van der Waals surface area contributed by atoms with E-state index in [0.29, 0.717) is 0 Å². The average molecular weight is 344 g/mol. The van der Waals surface area contributed by atoms with Crippen LogP contribution in [0.25, 0.3) is 0 Å². The van der Waals surface area contributed by atoms with E-state index in [1.807, 2.05) is 0 Å². The van der Waals surface area contributed by atoms with E-state index < -0.39 is 10.4 Å². The summed E-state index contributed by atoms with van der Waals surface area (Å²) in [7, 11) is -4.67. The molecule has 0 unspecified atom stereocenters. The molecule has 8 heavy (non-hydrogen) atoms. The molecule has 2 N–H and O–H groups in total. The summed E-state index contributed by atoms with van der Waals surface area (Å²) in [5.74, 6) is 0. The Morgan fingerprint density at radius 3 is 1.12 bits per heavy atom. The SMILES string of the molecule is O=S(=O)(O)O.[H-].[K+].[Rh].[Rh]. The summed E-state index contributed by atoms with van der Waals surface area (Å²) in [5, 5.41) is 0. The Bertz CT molecular complexity index is 102. The van der Waals surface area contributed by atoms with Gasteiger partial charge in [-0.05, 0) is 0 Å². The summed E-state index contributed by atoms with van der Waals surface area (Å²) in [6.07, 6.45) is 0. The quantitative estimate of drug-likeness (QED) is 0.353. The van der Waals surface area contributed by atoms with E-state index in [1.54, 1.807) is 0 Å². The predicted octanol–water partition coefficient (Wildman–Crippen LogP) is -3.54. The standard InChI is InChI=1S/K.H2O4S.2Rh.H/c;1-5(2,3)4;;;/h;(H2,1,2,3,4);;;/q+1;;;;-1. The molecule has 8 heteroatoms. The second kappa shape index (κ2) is 9.75. The van der Waals surface area contributed by atoms with Crippen LogP contribution >= 0.6 is 0 Å². The van der Waals surface area contributed by atoms with Crippen LogP contribution in [0.4, 0.5) is 0 Å². The third-order valence-electron chi connectivity index (χ3n) is 0. The fourth-order valence-electron chi connectivity index (χ4n) is 0. The Morgan fingerprint density at radius 2 is 1.12 bits per heavy atom. The van der Waals surface area contributed by atoms with Crippen LogP contribution < -0.4 is 51.4 Å². The van der Waals surface area contributed by atoms with E-state index in [9.17, 15) is 0 Å². The summed E-state index contributed by atoms with van der Waals surface area (Å²) in [6.45, 7) is 0. The van der Waals surface area contributed by atoms with Gasteiger partial charge in [0.05, 0.1) is 0 Å². The minimum Gasteiger partial charge on any atom is -1.00 e. The number of hydrogen-bond donors (Lipinski definition) is 2. The topological polar surface area (TPSA) is 74.6 Å². The molecule has 2 radical (unpaired) electrons. The first-order valence-corrected chi connectivity index (χ1v) is 2.10. The van der Waals surface area contributed by atoms with Crippen molar-refractivity contribution in [2.75, 3.05) is 0 Å². The average Bonchev–Trinajstić information content (AvgIpc) is 0.722. The zero-order chi connectivity index (χ0) is 4.50. The minimum absolute atomic E-state index is 0. The molecule has 0 saturated heterocycles. The molecule has 0 bridgehead atoms. The fraction of sp³-hybridized carbons (Fsp3) is 0. The van der Waals surface area contributed by atoms with E-state index in [0.717, 1.165) is 0 Å². The van der Waals surface area contributed by atoms with E-state index >= 15 is 0 Å². The normalized spacial score (nSPS) is 7.25. The van der Waals surface area contributed by atoms with Crippen molar-refractivity contribution in [3.8, 4) is 0 Å². The fourth-order valence-corrected chi connectivity index (χ4v) is 0. The molecule has 0 heterocycles. The van der Waals surface area contributed by atoms with Gasteiger partial charge < -0.3 is 1.43 Å². The third kappa shape index (κ3) is 69.4. The van der Waals surface area contributed by atoms with E-state index in [4.69, 9.17) is 17.5 Å². The van der Waals surface area contributed by atoms with Crippen molar-refractivity contribution in [2.45, 2.75) is 0 Å². The van der Waals surface area contributed by atoms with Crippen molar-refractivity contribution >= 4 is 10.4 Å². The Balaban J connectivity index is -0.0000000133. The maximum absolute atomic E-state index is 8.74. The Hall–Kier alpha value is 2.75. The molecule has 0 aliphatic carbocycles. The van der Waals surface area contributed by atoms with Crippen molar-refractivity contribution < 1.29 is 109 Å². The first-order valence-electron chi connectivity index (χ1n) is 0.698. The van der Waals surface area contributed by atoms with Crippen LogP contribution in [0, 0.1) is 0 Å². The van der Waals surface area contributed by atoms with Crippen molar-refractivity contribution in [2.24, 2.45) is 0 Å². The Kier molecular flexibility index (Phi) is 27.3. The molecule has 0 amide bonds. The maximum Gasteiger partial charge on any atom is 1.00 e. The van der Waals surface area contributed by atoms with Gasteiger partial charge in [-0.15, -0.1) is 0 Å². The largest absolute Gasteiger partial charge is 1.00 e. The molecule has 0 fully saturated rings. The zero-order valence-corrected chi connectivity index (χ0v) is 11.0. The predicted molar refractivity (Wildman–Crippen MR) is 15.3 cm³/mol. The first kappa shape index (κ1) is 22.4. The summed E-state index contributed by atoms with van der Waals surface area (Å²) in [6, 6.07) is 0. The van der Waals surface area contributed by atoms with E-state index in [2.05, 4.69) is 0 Å². The Labute approximate surface area is 117 Å². The smallest absolute Gasteiger partial charge is 1.00 e. The van der Waals surface area contributed by atoms with Crippen LogP contribution in [0.3, 0.4) is 0 Å². The maximum atomic E-state index is 8.74. The minimum atomic E-state index is -4.67. The monoisotopic (exact) mass is 344 g/mol. The van der Waals surface area contributed by atoms with Crippen molar-refractivity contribution in [1.29, 1.82) is 0 Å². The summed E-state index contributed by atoms with van der Waals surface area (Å²) in [5.41, 5.74) is 0.